The molecule has 19 heavy (non-hydrogen) atoms. The molecule has 2 aromatic carbocycles. The molecule has 1 unspecified atom stereocenters. The minimum absolute atomic E-state index is 0.0719. The Morgan fingerprint density at radius 3 is 2.79 bits per heavy atom. The Morgan fingerprint density at radius 2 is 1.95 bits per heavy atom. The van der Waals surface area contributed by atoms with E-state index in [0.717, 1.165) is 22.3 Å². The van der Waals surface area contributed by atoms with Gasteiger partial charge in [0.15, 0.2) is 0 Å². The van der Waals surface area contributed by atoms with E-state index < -0.39 is 0 Å². The molecular weight excluding hydrogens is 240 g/mol. The van der Waals surface area contributed by atoms with Crippen LogP contribution < -0.4 is 10.4 Å². The molecule has 4 heteroatoms. The smallest absolute Gasteiger partial charge is 0.327 e. The van der Waals surface area contributed by atoms with E-state index in [9.17, 15) is 4.79 Å². The molecule has 0 bridgehead atoms. The first kappa shape index (κ1) is 10.4. The molecule has 1 aliphatic heterocycles. The molecule has 1 N–H and O–H groups in total. The summed E-state index contributed by atoms with van der Waals surface area (Å²) in [5, 5.41) is 0. The highest BCUT2D eigenvalue weighted by Gasteiger charge is 2.26. The van der Waals surface area contributed by atoms with Gasteiger partial charge in [-0.15, -0.1) is 0 Å². The first-order chi connectivity index (χ1) is 9.34. The fraction of sp³-hybridized carbons (Fsp3) is 0.133. The first-order valence-corrected chi connectivity index (χ1v) is 6.25. The fourth-order valence-corrected chi connectivity index (χ4v) is 2.73. The number of H-pyrrole nitrogens is 1. The zero-order valence-corrected chi connectivity index (χ0v) is 10.2. The summed E-state index contributed by atoms with van der Waals surface area (Å²) >= 11 is 0. The second-order valence-electron chi connectivity index (χ2n) is 4.69. The number of imidazole rings is 1. The van der Waals surface area contributed by atoms with E-state index in [0.29, 0.717) is 6.61 Å². The lowest BCUT2D eigenvalue weighted by Crippen LogP contribution is -2.30. The monoisotopic (exact) mass is 252 g/mol. The van der Waals surface area contributed by atoms with Gasteiger partial charge in [-0.3, -0.25) is 4.57 Å². The zero-order valence-electron chi connectivity index (χ0n) is 10.2. The molecule has 3 aromatic rings. The lowest BCUT2D eigenvalue weighted by atomic mass is 10.1. The Bertz CT molecular complexity index is 802. The van der Waals surface area contributed by atoms with E-state index in [-0.39, 0.29) is 11.7 Å². The number of benzene rings is 2. The quantitative estimate of drug-likeness (QED) is 0.722. The van der Waals surface area contributed by atoms with E-state index in [4.69, 9.17) is 4.74 Å². The third kappa shape index (κ3) is 1.43. The molecule has 2 heterocycles. The molecule has 4 nitrogen and oxygen atoms in total. The van der Waals surface area contributed by atoms with E-state index in [1.54, 1.807) is 4.57 Å². The van der Waals surface area contributed by atoms with Gasteiger partial charge in [0.25, 0.3) is 0 Å². The van der Waals surface area contributed by atoms with Crippen LogP contribution in [-0.2, 0) is 0 Å². The number of ether oxygens (including phenoxy) is 1. The highest BCUT2D eigenvalue weighted by Crippen LogP contribution is 2.32. The van der Waals surface area contributed by atoms with Gasteiger partial charge in [0.05, 0.1) is 11.6 Å². The third-order valence-corrected chi connectivity index (χ3v) is 3.59. The normalized spacial score (nSPS) is 17.4. The summed E-state index contributed by atoms with van der Waals surface area (Å²) in [6, 6.07) is 15.6. The van der Waals surface area contributed by atoms with E-state index in [1.807, 2.05) is 48.5 Å². The summed E-state index contributed by atoms with van der Waals surface area (Å²) in [5.41, 5.74) is 2.68. The highest BCUT2D eigenvalue weighted by atomic mass is 16.5. The fourth-order valence-electron chi connectivity index (χ4n) is 2.73. The molecule has 0 fully saturated rings. The van der Waals surface area contributed by atoms with Crippen LogP contribution >= 0.6 is 0 Å². The lowest BCUT2D eigenvalue weighted by Gasteiger charge is -2.25. The maximum Gasteiger partial charge on any atom is 0.327 e. The van der Waals surface area contributed by atoms with Crippen LogP contribution in [0.1, 0.15) is 11.6 Å². The van der Waals surface area contributed by atoms with Crippen molar-refractivity contribution < 1.29 is 4.74 Å². The van der Waals surface area contributed by atoms with Gasteiger partial charge in [0.2, 0.25) is 0 Å². The van der Waals surface area contributed by atoms with Crippen molar-refractivity contribution in [3.8, 4) is 5.75 Å². The average molecular weight is 252 g/mol. The average Bonchev–Trinajstić information content (AvgIpc) is 2.80. The van der Waals surface area contributed by atoms with Crippen LogP contribution in [0.4, 0.5) is 0 Å². The van der Waals surface area contributed by atoms with Crippen LogP contribution in [0.25, 0.3) is 11.0 Å². The van der Waals surface area contributed by atoms with Crippen LogP contribution in [0.2, 0.25) is 0 Å². The summed E-state index contributed by atoms with van der Waals surface area (Å²) < 4.78 is 7.59. The number of aromatic nitrogens is 2. The number of hydrogen-bond acceptors (Lipinski definition) is 2. The van der Waals surface area contributed by atoms with Crippen molar-refractivity contribution in [3.63, 3.8) is 0 Å². The third-order valence-electron chi connectivity index (χ3n) is 3.59. The summed E-state index contributed by atoms with van der Waals surface area (Å²) in [7, 11) is 0. The number of para-hydroxylation sites is 1. The summed E-state index contributed by atoms with van der Waals surface area (Å²) in [6.07, 6.45) is 0. The van der Waals surface area contributed by atoms with Crippen LogP contribution in [0.15, 0.2) is 53.3 Å². The van der Waals surface area contributed by atoms with Crippen molar-refractivity contribution in [2.24, 2.45) is 0 Å². The van der Waals surface area contributed by atoms with E-state index >= 15 is 0 Å². The molecular formula is C15H12N2O2. The number of nitrogens with one attached hydrogen (secondary N) is 1. The minimum atomic E-state index is -0.0837. The Morgan fingerprint density at radius 1 is 1.11 bits per heavy atom. The topological polar surface area (TPSA) is 47.0 Å². The highest BCUT2D eigenvalue weighted by molar-refractivity contribution is 5.82. The van der Waals surface area contributed by atoms with Gasteiger partial charge < -0.3 is 9.72 Å². The van der Waals surface area contributed by atoms with Crippen LogP contribution in [0, 0.1) is 0 Å². The number of hydrogen-bond donors (Lipinski definition) is 1. The molecule has 0 amide bonds. The summed E-state index contributed by atoms with van der Waals surface area (Å²) in [6.45, 7) is 0.480. The second-order valence-corrected chi connectivity index (χ2v) is 4.69. The predicted octanol–water partition coefficient (Wildman–Crippen LogP) is 2.31. The van der Waals surface area contributed by atoms with Gasteiger partial charge in [0.1, 0.15) is 17.9 Å². The molecule has 0 saturated carbocycles. The van der Waals surface area contributed by atoms with Crippen molar-refractivity contribution in [3.05, 3.63) is 64.6 Å². The minimum Gasteiger partial charge on any atom is -0.489 e. The first-order valence-electron chi connectivity index (χ1n) is 6.25. The van der Waals surface area contributed by atoms with Gasteiger partial charge >= 0.3 is 5.69 Å². The Hall–Kier alpha value is -2.49. The molecule has 0 radical (unpaired) electrons. The van der Waals surface area contributed by atoms with Gasteiger partial charge in [-0.05, 0) is 17.7 Å². The van der Waals surface area contributed by atoms with E-state index in [1.165, 1.54) is 0 Å². The predicted molar refractivity (Wildman–Crippen MR) is 72.6 cm³/mol. The molecule has 1 atom stereocenters. The summed E-state index contributed by atoms with van der Waals surface area (Å²) in [5.74, 6) is 0.767. The van der Waals surface area contributed by atoms with Gasteiger partial charge in [0, 0.05) is 0 Å². The SMILES string of the molecule is O=c1[nH]c2cccc3c2n1C(c1ccccc1)CO3. The molecule has 0 spiro atoms. The second kappa shape index (κ2) is 3.75. The van der Waals surface area contributed by atoms with Gasteiger partial charge in [-0.1, -0.05) is 36.4 Å². The van der Waals surface area contributed by atoms with Gasteiger partial charge in [-0.2, -0.15) is 0 Å². The Balaban J connectivity index is 2.02. The molecule has 94 valence electrons. The van der Waals surface area contributed by atoms with Crippen molar-refractivity contribution in [2.45, 2.75) is 6.04 Å². The Labute approximate surface area is 109 Å². The number of rotatable bonds is 1. The lowest BCUT2D eigenvalue weighted by molar-refractivity contribution is 0.256. The number of nitrogens with zero attached hydrogens (tertiary/aromatic N) is 1. The molecule has 0 saturated heterocycles. The van der Waals surface area contributed by atoms with Gasteiger partial charge in [-0.25, -0.2) is 4.79 Å². The van der Waals surface area contributed by atoms with Crippen molar-refractivity contribution >= 4 is 11.0 Å². The standard InChI is InChI=1S/C15H12N2O2/c18-15-16-11-7-4-8-13-14(11)17(15)12(9-19-13)10-5-2-1-3-6-10/h1-8,12H,9H2,(H,16,18). The molecule has 1 aliphatic rings. The van der Waals surface area contributed by atoms with E-state index in [2.05, 4.69) is 4.98 Å². The summed E-state index contributed by atoms with van der Waals surface area (Å²) in [4.78, 5) is 15.1. The Kier molecular flexibility index (Phi) is 2.06. The largest absolute Gasteiger partial charge is 0.489 e. The van der Waals surface area contributed by atoms with Crippen molar-refractivity contribution in [2.75, 3.05) is 6.61 Å². The number of aromatic amines is 1. The van der Waals surface area contributed by atoms with Crippen molar-refractivity contribution in [1.82, 2.24) is 9.55 Å². The molecule has 4 rings (SSSR count). The zero-order chi connectivity index (χ0) is 12.8. The van der Waals surface area contributed by atoms with Crippen LogP contribution in [-0.4, -0.2) is 16.2 Å². The molecule has 0 aliphatic carbocycles. The van der Waals surface area contributed by atoms with Crippen LogP contribution in [0.5, 0.6) is 5.75 Å². The maximum absolute atomic E-state index is 12.2. The van der Waals surface area contributed by atoms with Crippen molar-refractivity contribution in [1.29, 1.82) is 0 Å². The molecule has 1 aromatic heterocycles. The van der Waals surface area contributed by atoms with Crippen LogP contribution in [0.3, 0.4) is 0 Å². The maximum atomic E-state index is 12.2.